The van der Waals surface area contributed by atoms with Gasteiger partial charge >= 0.3 is 0 Å². The Labute approximate surface area is 140 Å². The molecule has 7 heteroatoms. The lowest BCUT2D eigenvalue weighted by molar-refractivity contribution is 0.414. The summed E-state index contributed by atoms with van der Waals surface area (Å²) >= 11 is 5.95. The molecule has 0 heterocycles. The van der Waals surface area contributed by atoms with E-state index in [0.717, 1.165) is 5.56 Å². The summed E-state index contributed by atoms with van der Waals surface area (Å²) in [5.74, 6) is 0.705. The van der Waals surface area contributed by atoms with Crippen LogP contribution in [0.25, 0.3) is 6.08 Å². The number of nitrogens with zero attached hydrogens (tertiary/aromatic N) is 1. The van der Waals surface area contributed by atoms with Crippen molar-refractivity contribution < 1.29 is 13.2 Å². The Hall–Kier alpha value is -2.15. The molecule has 2 N–H and O–H groups in total. The van der Waals surface area contributed by atoms with E-state index >= 15 is 0 Å². The largest absolute Gasteiger partial charge is 0.496 e. The van der Waals surface area contributed by atoms with Gasteiger partial charge in [0.2, 0.25) is 10.0 Å². The molecule has 0 bridgehead atoms. The van der Waals surface area contributed by atoms with Crippen molar-refractivity contribution >= 4 is 39.6 Å². The molecule has 0 amide bonds. The van der Waals surface area contributed by atoms with Crippen LogP contribution in [0.5, 0.6) is 5.75 Å². The average molecular weight is 351 g/mol. The van der Waals surface area contributed by atoms with Crippen LogP contribution in [0.4, 0.5) is 5.69 Å². The van der Waals surface area contributed by atoms with Gasteiger partial charge in [0, 0.05) is 16.8 Å². The SMILES string of the molecule is COc1ccc(Cl)cc1/C=C\C=Nc1ccc(S(N)(=O)=O)cc1. The molecule has 5 nitrogen and oxygen atoms in total. The molecular formula is C16H15ClN2O3S. The van der Waals surface area contributed by atoms with Gasteiger partial charge in [-0.3, -0.25) is 4.99 Å². The van der Waals surface area contributed by atoms with Crippen LogP contribution in [0.1, 0.15) is 5.56 Å². The summed E-state index contributed by atoms with van der Waals surface area (Å²) < 4.78 is 27.5. The monoisotopic (exact) mass is 350 g/mol. The number of hydrogen-bond donors (Lipinski definition) is 1. The number of methoxy groups -OCH3 is 1. The lowest BCUT2D eigenvalue weighted by atomic mass is 10.2. The van der Waals surface area contributed by atoms with Crippen LogP contribution in [-0.2, 0) is 10.0 Å². The predicted molar refractivity (Wildman–Crippen MR) is 93.0 cm³/mol. The highest BCUT2D eigenvalue weighted by molar-refractivity contribution is 7.89. The van der Waals surface area contributed by atoms with Crippen LogP contribution >= 0.6 is 11.6 Å². The molecule has 2 aromatic rings. The number of rotatable bonds is 5. The van der Waals surface area contributed by atoms with Crippen LogP contribution < -0.4 is 9.88 Å². The normalized spacial score (nSPS) is 12.1. The molecule has 0 unspecified atom stereocenters. The van der Waals surface area contributed by atoms with E-state index in [4.69, 9.17) is 21.5 Å². The highest BCUT2D eigenvalue weighted by Crippen LogP contribution is 2.23. The number of benzene rings is 2. The van der Waals surface area contributed by atoms with Crippen molar-refractivity contribution in [3.8, 4) is 5.75 Å². The molecular weight excluding hydrogens is 336 g/mol. The van der Waals surface area contributed by atoms with Gasteiger partial charge in [0.1, 0.15) is 5.75 Å². The summed E-state index contributed by atoms with van der Waals surface area (Å²) in [5.41, 5.74) is 1.44. The molecule has 23 heavy (non-hydrogen) atoms. The minimum atomic E-state index is -3.68. The number of allylic oxidation sites excluding steroid dienone is 1. The number of primary sulfonamides is 1. The topological polar surface area (TPSA) is 81.8 Å². The van der Waals surface area contributed by atoms with Gasteiger partial charge in [-0.25, -0.2) is 13.6 Å². The molecule has 0 aliphatic rings. The molecule has 0 aliphatic heterocycles. The van der Waals surface area contributed by atoms with Gasteiger partial charge in [-0.2, -0.15) is 0 Å². The fourth-order valence-electron chi connectivity index (χ4n) is 1.83. The molecule has 2 rings (SSSR count). The molecule has 2 aromatic carbocycles. The molecule has 0 atom stereocenters. The van der Waals surface area contributed by atoms with Crippen molar-refractivity contribution in [1.29, 1.82) is 0 Å². The van der Waals surface area contributed by atoms with E-state index in [-0.39, 0.29) is 4.90 Å². The van der Waals surface area contributed by atoms with Crippen molar-refractivity contribution in [2.45, 2.75) is 4.90 Å². The molecule has 120 valence electrons. The Morgan fingerprint density at radius 1 is 1.17 bits per heavy atom. The van der Waals surface area contributed by atoms with Crippen molar-refractivity contribution in [3.05, 3.63) is 59.1 Å². The minimum Gasteiger partial charge on any atom is -0.496 e. The third-order valence-electron chi connectivity index (χ3n) is 2.94. The fourth-order valence-corrected chi connectivity index (χ4v) is 2.53. The second-order valence-corrected chi connectivity index (χ2v) is 6.56. The molecule has 0 saturated heterocycles. The number of aliphatic imine (C=N–C) groups is 1. The van der Waals surface area contributed by atoms with Crippen molar-refractivity contribution in [2.75, 3.05) is 7.11 Å². The molecule has 0 spiro atoms. The Kier molecular flexibility index (Phi) is 5.54. The van der Waals surface area contributed by atoms with Gasteiger partial charge < -0.3 is 4.74 Å². The second-order valence-electron chi connectivity index (χ2n) is 4.56. The number of nitrogens with two attached hydrogens (primary N) is 1. The zero-order valence-electron chi connectivity index (χ0n) is 12.3. The van der Waals surface area contributed by atoms with Crippen LogP contribution in [0, 0.1) is 0 Å². The van der Waals surface area contributed by atoms with Gasteiger partial charge in [-0.15, -0.1) is 0 Å². The van der Waals surface area contributed by atoms with Gasteiger partial charge in [-0.1, -0.05) is 11.6 Å². The maximum atomic E-state index is 11.2. The van der Waals surface area contributed by atoms with Crippen molar-refractivity contribution in [2.24, 2.45) is 10.1 Å². The van der Waals surface area contributed by atoms with E-state index in [1.165, 1.54) is 12.1 Å². The molecule has 0 aromatic heterocycles. The summed E-state index contributed by atoms with van der Waals surface area (Å²) in [4.78, 5) is 4.25. The first kappa shape index (κ1) is 17.2. The van der Waals surface area contributed by atoms with E-state index in [1.54, 1.807) is 49.7 Å². The number of sulfonamides is 1. The fraction of sp³-hybridized carbons (Fsp3) is 0.0625. The Morgan fingerprint density at radius 3 is 2.48 bits per heavy atom. The summed E-state index contributed by atoms with van der Waals surface area (Å²) in [6, 6.07) is 11.3. The first-order chi connectivity index (χ1) is 10.9. The lowest BCUT2D eigenvalue weighted by Gasteiger charge is -2.04. The summed E-state index contributed by atoms with van der Waals surface area (Å²) in [7, 11) is -2.10. The predicted octanol–water partition coefficient (Wildman–Crippen LogP) is 3.41. The van der Waals surface area contributed by atoms with Gasteiger partial charge in [0.25, 0.3) is 0 Å². The zero-order chi connectivity index (χ0) is 16.9. The van der Waals surface area contributed by atoms with Gasteiger partial charge in [0.15, 0.2) is 0 Å². The molecule has 0 radical (unpaired) electrons. The van der Waals surface area contributed by atoms with Crippen molar-refractivity contribution in [1.82, 2.24) is 0 Å². The van der Waals surface area contributed by atoms with E-state index in [9.17, 15) is 8.42 Å². The van der Waals surface area contributed by atoms with Crippen LogP contribution in [0.3, 0.4) is 0 Å². The van der Waals surface area contributed by atoms with Crippen molar-refractivity contribution in [3.63, 3.8) is 0 Å². The van der Waals surface area contributed by atoms with E-state index in [1.807, 2.05) is 6.08 Å². The van der Waals surface area contributed by atoms with Gasteiger partial charge in [-0.05, 0) is 54.6 Å². The smallest absolute Gasteiger partial charge is 0.238 e. The Morgan fingerprint density at radius 2 is 1.87 bits per heavy atom. The highest BCUT2D eigenvalue weighted by atomic mass is 35.5. The lowest BCUT2D eigenvalue weighted by Crippen LogP contribution is -2.11. The second kappa shape index (κ2) is 7.41. The quantitative estimate of drug-likeness (QED) is 0.839. The minimum absolute atomic E-state index is 0.0515. The average Bonchev–Trinajstić information content (AvgIpc) is 2.51. The van der Waals surface area contributed by atoms with Crippen LogP contribution in [0.15, 0.2) is 58.4 Å². The van der Waals surface area contributed by atoms with Gasteiger partial charge in [0.05, 0.1) is 17.7 Å². The summed E-state index contributed by atoms with van der Waals surface area (Å²) in [6.45, 7) is 0. The highest BCUT2D eigenvalue weighted by Gasteiger charge is 2.05. The maximum absolute atomic E-state index is 11.2. The van der Waals surface area contributed by atoms with Crippen LogP contribution in [0.2, 0.25) is 5.02 Å². The molecule has 0 saturated carbocycles. The molecule has 0 fully saturated rings. The molecule has 0 aliphatic carbocycles. The first-order valence-electron chi connectivity index (χ1n) is 6.57. The zero-order valence-corrected chi connectivity index (χ0v) is 13.9. The number of hydrogen-bond acceptors (Lipinski definition) is 4. The van der Waals surface area contributed by atoms with Crippen LogP contribution in [-0.4, -0.2) is 21.7 Å². The third kappa shape index (κ3) is 4.92. The standard InChI is InChI=1S/C16H15ClN2O3S/c1-22-16-9-4-13(17)11-12(16)3-2-10-19-14-5-7-15(8-6-14)23(18,20)21/h2-11H,1H3,(H2,18,20,21)/b3-2-,19-10?. The summed E-state index contributed by atoms with van der Waals surface area (Å²) in [6.07, 6.45) is 5.14. The maximum Gasteiger partial charge on any atom is 0.238 e. The third-order valence-corrected chi connectivity index (χ3v) is 4.11. The van der Waals surface area contributed by atoms with E-state index < -0.39 is 10.0 Å². The number of halogens is 1. The summed E-state index contributed by atoms with van der Waals surface area (Å²) in [5, 5.41) is 5.64. The Bertz CT molecular complexity index is 844. The first-order valence-corrected chi connectivity index (χ1v) is 8.50. The van der Waals surface area contributed by atoms with E-state index in [0.29, 0.717) is 16.5 Å². The van der Waals surface area contributed by atoms with E-state index in [2.05, 4.69) is 4.99 Å². The number of ether oxygens (including phenoxy) is 1. The Balaban J connectivity index is 2.11.